The van der Waals surface area contributed by atoms with E-state index in [9.17, 15) is 5.11 Å². The highest BCUT2D eigenvalue weighted by molar-refractivity contribution is 5.31. The molecule has 1 heterocycles. The van der Waals surface area contributed by atoms with E-state index in [2.05, 4.69) is 17.3 Å². The molecule has 0 aliphatic heterocycles. The molecule has 114 valence electrons. The first-order valence-corrected chi connectivity index (χ1v) is 7.70. The van der Waals surface area contributed by atoms with Crippen LogP contribution in [0.15, 0.2) is 6.20 Å². The van der Waals surface area contributed by atoms with Crippen LogP contribution >= 0.6 is 0 Å². The zero-order valence-electron chi connectivity index (χ0n) is 12.9. The van der Waals surface area contributed by atoms with Gasteiger partial charge in [-0.15, -0.1) is 0 Å². The Morgan fingerprint density at radius 3 is 2.70 bits per heavy atom. The zero-order chi connectivity index (χ0) is 14.6. The van der Waals surface area contributed by atoms with Crippen LogP contribution in [0.5, 0.6) is 5.75 Å². The summed E-state index contributed by atoms with van der Waals surface area (Å²) in [6.07, 6.45) is 6.37. The number of hydrogen-bond acceptors (Lipinski definition) is 4. The average Bonchev–Trinajstić information content (AvgIpc) is 2.90. The summed E-state index contributed by atoms with van der Waals surface area (Å²) in [6, 6.07) is 0.527. The van der Waals surface area contributed by atoms with E-state index in [0.29, 0.717) is 11.8 Å². The lowest BCUT2D eigenvalue weighted by Gasteiger charge is -2.37. The largest absolute Gasteiger partial charge is 0.493 e. The number of aliphatic hydroxyl groups is 1. The van der Waals surface area contributed by atoms with Crippen molar-refractivity contribution < 1.29 is 9.84 Å². The second kappa shape index (κ2) is 6.59. The lowest BCUT2D eigenvalue weighted by atomic mass is 9.79. The molecule has 0 unspecified atom stereocenters. The molecule has 0 atom stereocenters. The highest BCUT2D eigenvalue weighted by Crippen LogP contribution is 2.41. The van der Waals surface area contributed by atoms with E-state index in [4.69, 9.17) is 4.74 Å². The summed E-state index contributed by atoms with van der Waals surface area (Å²) in [5.74, 6) is 0.703. The monoisotopic (exact) mass is 281 g/mol. The van der Waals surface area contributed by atoms with Crippen molar-refractivity contribution in [2.24, 2.45) is 0 Å². The second-order valence-corrected chi connectivity index (χ2v) is 5.64. The summed E-state index contributed by atoms with van der Waals surface area (Å²) in [5.41, 5.74) is 0.0406. The average molecular weight is 281 g/mol. The molecule has 20 heavy (non-hydrogen) atoms. The van der Waals surface area contributed by atoms with E-state index >= 15 is 0 Å². The molecule has 0 saturated heterocycles. The third kappa shape index (κ3) is 2.99. The van der Waals surface area contributed by atoms with Crippen LogP contribution in [-0.4, -0.2) is 34.6 Å². The Labute approximate surface area is 121 Å². The Balaban J connectivity index is 2.11. The molecule has 0 spiro atoms. The maximum atomic E-state index is 11.0. The highest BCUT2D eigenvalue weighted by atomic mass is 16.5. The van der Waals surface area contributed by atoms with Crippen molar-refractivity contribution in [3.63, 3.8) is 0 Å². The number of methoxy groups -OCH3 is 1. The molecule has 5 heteroatoms. The van der Waals surface area contributed by atoms with E-state index in [1.54, 1.807) is 13.3 Å². The summed E-state index contributed by atoms with van der Waals surface area (Å²) < 4.78 is 7.24. The summed E-state index contributed by atoms with van der Waals surface area (Å²) in [5, 5.41) is 18.9. The Morgan fingerprint density at radius 2 is 2.15 bits per heavy atom. The van der Waals surface area contributed by atoms with Crippen molar-refractivity contribution in [3.05, 3.63) is 11.9 Å². The summed E-state index contributed by atoms with van der Waals surface area (Å²) >= 11 is 0. The Bertz CT molecular complexity index is 401. The molecule has 1 aromatic heterocycles. The van der Waals surface area contributed by atoms with Crippen LogP contribution in [0.25, 0.3) is 0 Å². The number of hydrogen-bond donors (Lipinski definition) is 2. The minimum atomic E-state index is -0.803. The topological polar surface area (TPSA) is 59.3 Å². The molecular weight excluding hydrogens is 254 g/mol. The predicted molar refractivity (Wildman–Crippen MR) is 78.9 cm³/mol. The minimum absolute atomic E-state index is 0.527. The molecule has 1 aliphatic carbocycles. The number of aromatic nitrogens is 2. The molecule has 2 rings (SSSR count). The summed E-state index contributed by atoms with van der Waals surface area (Å²) in [4.78, 5) is 0. The van der Waals surface area contributed by atoms with Gasteiger partial charge in [-0.25, -0.2) is 0 Å². The van der Waals surface area contributed by atoms with E-state index in [-0.39, 0.29) is 0 Å². The van der Waals surface area contributed by atoms with Crippen molar-refractivity contribution in [3.8, 4) is 5.75 Å². The Morgan fingerprint density at radius 1 is 1.45 bits per heavy atom. The van der Waals surface area contributed by atoms with Gasteiger partial charge in [-0.1, -0.05) is 6.92 Å². The van der Waals surface area contributed by atoms with Crippen molar-refractivity contribution in [1.29, 1.82) is 0 Å². The van der Waals surface area contributed by atoms with Crippen LogP contribution in [-0.2, 0) is 12.1 Å². The van der Waals surface area contributed by atoms with Gasteiger partial charge in [-0.3, -0.25) is 4.68 Å². The quantitative estimate of drug-likeness (QED) is 0.838. The van der Waals surface area contributed by atoms with Crippen LogP contribution in [0.2, 0.25) is 0 Å². The fraction of sp³-hybridized carbons (Fsp3) is 0.800. The van der Waals surface area contributed by atoms with Gasteiger partial charge in [0.1, 0.15) is 11.3 Å². The lowest BCUT2D eigenvalue weighted by molar-refractivity contribution is -0.0177. The second-order valence-electron chi connectivity index (χ2n) is 5.64. The van der Waals surface area contributed by atoms with E-state index < -0.39 is 5.60 Å². The smallest absolute Gasteiger partial charge is 0.162 e. The summed E-state index contributed by atoms with van der Waals surface area (Å²) in [6.45, 7) is 6.02. The first-order chi connectivity index (χ1) is 9.64. The number of nitrogens with zero attached hydrogens (tertiary/aromatic N) is 2. The fourth-order valence-corrected chi connectivity index (χ4v) is 3.11. The summed E-state index contributed by atoms with van der Waals surface area (Å²) in [7, 11) is 1.64. The third-order valence-corrected chi connectivity index (χ3v) is 4.26. The van der Waals surface area contributed by atoms with Crippen molar-refractivity contribution in [2.45, 2.75) is 64.1 Å². The number of ether oxygens (including phenoxy) is 1. The Kier molecular flexibility index (Phi) is 5.05. The molecule has 0 aromatic carbocycles. The Hall–Kier alpha value is -1.07. The van der Waals surface area contributed by atoms with E-state index in [0.717, 1.165) is 50.9 Å². The number of rotatable bonds is 6. The molecule has 5 nitrogen and oxygen atoms in total. The van der Waals surface area contributed by atoms with E-state index in [1.807, 2.05) is 11.6 Å². The normalized spacial score (nSPS) is 26.7. The molecule has 1 fully saturated rings. The van der Waals surface area contributed by atoms with Crippen LogP contribution in [0.3, 0.4) is 0 Å². The molecular formula is C15H27N3O2. The van der Waals surface area contributed by atoms with Gasteiger partial charge < -0.3 is 15.2 Å². The van der Waals surface area contributed by atoms with Crippen LogP contribution in [0.1, 0.15) is 51.6 Å². The molecule has 1 aliphatic rings. The predicted octanol–water partition coefficient (Wildman–Crippen LogP) is 2.04. The fourth-order valence-electron chi connectivity index (χ4n) is 3.11. The first kappa shape index (κ1) is 15.3. The molecule has 0 radical (unpaired) electrons. The number of nitrogens with one attached hydrogen (secondary N) is 1. The molecule has 1 saturated carbocycles. The van der Waals surface area contributed by atoms with Crippen molar-refractivity contribution in [2.75, 3.05) is 13.7 Å². The molecule has 2 N–H and O–H groups in total. The minimum Gasteiger partial charge on any atom is -0.493 e. The van der Waals surface area contributed by atoms with Gasteiger partial charge in [-0.05, 0) is 45.6 Å². The van der Waals surface area contributed by atoms with E-state index in [1.165, 1.54) is 0 Å². The zero-order valence-corrected chi connectivity index (χ0v) is 12.9. The van der Waals surface area contributed by atoms with Gasteiger partial charge in [0.05, 0.1) is 13.3 Å². The molecule has 0 bridgehead atoms. The lowest BCUT2D eigenvalue weighted by Crippen LogP contribution is -2.41. The van der Waals surface area contributed by atoms with Crippen LogP contribution in [0, 0.1) is 0 Å². The van der Waals surface area contributed by atoms with Gasteiger partial charge in [0.2, 0.25) is 0 Å². The van der Waals surface area contributed by atoms with Gasteiger partial charge >= 0.3 is 0 Å². The van der Waals surface area contributed by atoms with Crippen molar-refractivity contribution in [1.82, 2.24) is 15.1 Å². The van der Waals surface area contributed by atoms with Gasteiger partial charge in [0, 0.05) is 12.6 Å². The SMILES string of the molecule is CCCNC1CCC(O)(c2c(OC)cnn2CC)CC1. The van der Waals surface area contributed by atoms with Gasteiger partial charge in [0.15, 0.2) is 5.75 Å². The maximum Gasteiger partial charge on any atom is 0.162 e. The molecule has 0 amide bonds. The van der Waals surface area contributed by atoms with Gasteiger partial charge in [-0.2, -0.15) is 5.10 Å². The van der Waals surface area contributed by atoms with Gasteiger partial charge in [0.25, 0.3) is 0 Å². The third-order valence-electron chi connectivity index (χ3n) is 4.26. The van der Waals surface area contributed by atoms with Crippen molar-refractivity contribution >= 4 is 0 Å². The standard InChI is InChI=1S/C15H27N3O2/c1-4-10-16-12-6-8-15(19,9-7-12)14-13(20-3)11-17-18(14)5-2/h11-12,16,19H,4-10H2,1-3H3. The van der Waals surface area contributed by atoms with Crippen LogP contribution < -0.4 is 10.1 Å². The number of aryl methyl sites for hydroxylation is 1. The first-order valence-electron chi connectivity index (χ1n) is 7.70. The molecule has 1 aromatic rings. The highest BCUT2D eigenvalue weighted by Gasteiger charge is 2.39. The maximum absolute atomic E-state index is 11.0. The van der Waals surface area contributed by atoms with Crippen LogP contribution in [0.4, 0.5) is 0 Å².